The van der Waals surface area contributed by atoms with Crippen LogP contribution in [0.5, 0.6) is 0 Å². The van der Waals surface area contributed by atoms with Crippen molar-refractivity contribution >= 4 is 25.9 Å². The lowest BCUT2D eigenvalue weighted by atomic mass is 10.2. The van der Waals surface area contributed by atoms with Crippen LogP contribution in [0, 0.1) is 5.92 Å². The van der Waals surface area contributed by atoms with Crippen molar-refractivity contribution in [2.45, 2.75) is 18.7 Å². The molecule has 1 aromatic carbocycles. The second-order valence-electron chi connectivity index (χ2n) is 4.39. The molecule has 0 aromatic heterocycles. The third-order valence-corrected chi connectivity index (χ3v) is 4.12. The summed E-state index contributed by atoms with van der Waals surface area (Å²) in [7, 11) is -7.82. The Kier molecular flexibility index (Phi) is 4.91. The van der Waals surface area contributed by atoms with Gasteiger partial charge >= 0.3 is 0 Å². The van der Waals surface area contributed by atoms with Crippen LogP contribution in [0.1, 0.15) is 13.8 Å². The molecule has 0 atom stereocenters. The van der Waals surface area contributed by atoms with Crippen LogP contribution in [-0.2, 0) is 20.2 Å². The molecule has 0 bridgehead atoms. The fraction of sp³-hybridized carbons (Fsp3) is 0.400. The largest absolute Gasteiger partial charge is 0.299 e. The van der Waals surface area contributed by atoms with E-state index in [-0.39, 0.29) is 23.0 Å². The van der Waals surface area contributed by atoms with Crippen LogP contribution in [0.4, 0.5) is 5.69 Å². The van der Waals surface area contributed by atoms with Gasteiger partial charge in [0.25, 0.3) is 10.2 Å². The first-order chi connectivity index (χ1) is 8.62. The van der Waals surface area contributed by atoms with Crippen molar-refractivity contribution in [1.82, 2.24) is 4.72 Å². The molecule has 0 radical (unpaired) electrons. The van der Waals surface area contributed by atoms with Crippen LogP contribution in [0.25, 0.3) is 0 Å². The lowest BCUT2D eigenvalue weighted by molar-refractivity contribution is 0.564. The topological polar surface area (TPSA) is 118 Å². The molecule has 0 amide bonds. The highest BCUT2D eigenvalue weighted by Crippen LogP contribution is 2.19. The van der Waals surface area contributed by atoms with E-state index in [0.29, 0.717) is 0 Å². The van der Waals surface area contributed by atoms with E-state index in [1.165, 1.54) is 24.3 Å². The SMILES string of the molecule is CC(C)CNS(=O)(=O)Nc1ccccc1S(N)(=O)=O. The van der Waals surface area contributed by atoms with E-state index < -0.39 is 20.2 Å². The third kappa shape index (κ3) is 5.15. The number of anilines is 1. The first-order valence-electron chi connectivity index (χ1n) is 5.51. The first-order valence-corrected chi connectivity index (χ1v) is 8.54. The summed E-state index contributed by atoms with van der Waals surface area (Å²) in [6.45, 7) is 3.94. The Bertz CT molecular complexity index is 638. The van der Waals surface area contributed by atoms with Crippen LogP contribution in [-0.4, -0.2) is 23.4 Å². The van der Waals surface area contributed by atoms with E-state index in [4.69, 9.17) is 5.14 Å². The van der Waals surface area contributed by atoms with Gasteiger partial charge in [0, 0.05) is 6.54 Å². The Morgan fingerprint density at radius 1 is 1.16 bits per heavy atom. The number of sulfonamides is 1. The zero-order valence-corrected chi connectivity index (χ0v) is 12.3. The van der Waals surface area contributed by atoms with Gasteiger partial charge in [-0.25, -0.2) is 13.6 Å². The quantitative estimate of drug-likeness (QED) is 0.697. The number of nitrogens with two attached hydrogens (primary N) is 1. The van der Waals surface area contributed by atoms with E-state index in [1.54, 1.807) is 0 Å². The van der Waals surface area contributed by atoms with E-state index >= 15 is 0 Å². The number of benzene rings is 1. The lowest BCUT2D eigenvalue weighted by Gasteiger charge is -2.13. The first kappa shape index (κ1) is 15.9. The third-order valence-electron chi connectivity index (χ3n) is 2.12. The Balaban J connectivity index is 3.01. The summed E-state index contributed by atoms with van der Waals surface area (Å²) < 4.78 is 50.6. The molecule has 0 saturated carbocycles. The predicted molar refractivity (Wildman–Crippen MR) is 73.2 cm³/mol. The molecule has 0 aliphatic rings. The second kappa shape index (κ2) is 5.87. The van der Waals surface area contributed by atoms with Crippen molar-refractivity contribution < 1.29 is 16.8 Å². The van der Waals surface area contributed by atoms with Gasteiger partial charge in [-0.15, -0.1) is 0 Å². The van der Waals surface area contributed by atoms with Crippen molar-refractivity contribution in [2.75, 3.05) is 11.3 Å². The molecular formula is C10H17N3O4S2. The molecule has 0 saturated heterocycles. The molecule has 4 N–H and O–H groups in total. The van der Waals surface area contributed by atoms with Crippen molar-refractivity contribution in [3.63, 3.8) is 0 Å². The molecule has 19 heavy (non-hydrogen) atoms. The van der Waals surface area contributed by atoms with Crippen LogP contribution >= 0.6 is 0 Å². The average molecular weight is 307 g/mol. The van der Waals surface area contributed by atoms with Crippen molar-refractivity contribution in [3.8, 4) is 0 Å². The maximum atomic E-state index is 11.7. The van der Waals surface area contributed by atoms with Crippen molar-refractivity contribution in [1.29, 1.82) is 0 Å². The molecule has 0 heterocycles. The van der Waals surface area contributed by atoms with E-state index in [2.05, 4.69) is 9.44 Å². The molecule has 9 heteroatoms. The number of hydrogen-bond donors (Lipinski definition) is 3. The number of primary sulfonamides is 1. The highest BCUT2D eigenvalue weighted by molar-refractivity contribution is 7.91. The Labute approximate surface area is 113 Å². The lowest BCUT2D eigenvalue weighted by Crippen LogP contribution is -2.33. The van der Waals surface area contributed by atoms with Gasteiger partial charge < -0.3 is 0 Å². The van der Waals surface area contributed by atoms with Crippen LogP contribution in [0.3, 0.4) is 0 Å². The van der Waals surface area contributed by atoms with Gasteiger partial charge in [0.1, 0.15) is 4.90 Å². The highest BCUT2D eigenvalue weighted by atomic mass is 32.2. The molecule has 0 aliphatic carbocycles. The summed E-state index contributed by atoms with van der Waals surface area (Å²) in [4.78, 5) is -0.273. The van der Waals surface area contributed by atoms with E-state index in [9.17, 15) is 16.8 Å². The van der Waals surface area contributed by atoms with E-state index in [0.717, 1.165) is 0 Å². The minimum Gasteiger partial charge on any atom is -0.270 e. The summed E-state index contributed by atoms with van der Waals surface area (Å²) in [6.07, 6.45) is 0. The molecule has 0 unspecified atom stereocenters. The van der Waals surface area contributed by atoms with Gasteiger partial charge in [-0.05, 0) is 18.1 Å². The standard InChI is InChI=1S/C10H17N3O4S2/c1-8(2)7-12-19(16,17)13-9-5-3-4-6-10(9)18(11,14)15/h3-6,8,12-13H,7H2,1-2H3,(H2,11,14,15). The Morgan fingerprint density at radius 3 is 2.26 bits per heavy atom. The molecule has 0 fully saturated rings. The molecule has 1 aromatic rings. The van der Waals surface area contributed by atoms with Crippen molar-refractivity contribution in [3.05, 3.63) is 24.3 Å². The second-order valence-corrected chi connectivity index (χ2v) is 7.42. The molecule has 1 rings (SSSR count). The number of rotatable bonds is 6. The Morgan fingerprint density at radius 2 is 1.74 bits per heavy atom. The number of para-hydroxylation sites is 1. The van der Waals surface area contributed by atoms with Gasteiger partial charge in [-0.1, -0.05) is 26.0 Å². The molecule has 0 aliphatic heterocycles. The van der Waals surface area contributed by atoms with E-state index in [1.807, 2.05) is 13.8 Å². The van der Waals surface area contributed by atoms with Gasteiger partial charge in [-0.2, -0.15) is 13.1 Å². The maximum Gasteiger partial charge on any atom is 0.299 e. The van der Waals surface area contributed by atoms with Crippen molar-refractivity contribution in [2.24, 2.45) is 11.1 Å². The van der Waals surface area contributed by atoms with Crippen LogP contribution in [0.2, 0.25) is 0 Å². The minimum atomic E-state index is -3.99. The number of nitrogens with one attached hydrogen (secondary N) is 2. The minimum absolute atomic E-state index is 0.0822. The summed E-state index contributed by atoms with van der Waals surface area (Å²) >= 11 is 0. The zero-order valence-electron chi connectivity index (χ0n) is 10.6. The number of hydrogen-bond acceptors (Lipinski definition) is 4. The smallest absolute Gasteiger partial charge is 0.270 e. The molecule has 0 spiro atoms. The van der Waals surface area contributed by atoms with Crippen LogP contribution < -0.4 is 14.6 Å². The summed E-state index contributed by atoms with van der Waals surface area (Å²) in [5.41, 5.74) is -0.0822. The fourth-order valence-electron chi connectivity index (χ4n) is 1.26. The maximum absolute atomic E-state index is 11.7. The van der Waals surface area contributed by atoms with Gasteiger partial charge in [0.15, 0.2) is 0 Å². The summed E-state index contributed by atoms with van der Waals surface area (Å²) in [5.74, 6) is 0.130. The predicted octanol–water partition coefficient (Wildman–Crippen LogP) is 0.236. The molecule has 7 nitrogen and oxygen atoms in total. The Hall–Kier alpha value is -1.16. The average Bonchev–Trinajstić information content (AvgIpc) is 2.25. The normalized spacial score (nSPS) is 12.6. The summed E-state index contributed by atoms with van der Waals surface area (Å²) in [6, 6.07) is 5.53. The zero-order chi connectivity index (χ0) is 14.7. The monoisotopic (exact) mass is 307 g/mol. The van der Waals surface area contributed by atoms with Crippen LogP contribution in [0.15, 0.2) is 29.2 Å². The highest BCUT2D eigenvalue weighted by Gasteiger charge is 2.17. The summed E-state index contributed by atoms with van der Waals surface area (Å²) in [5, 5.41) is 5.02. The van der Waals surface area contributed by atoms with Gasteiger partial charge in [0.2, 0.25) is 10.0 Å². The molecule has 108 valence electrons. The molecular weight excluding hydrogens is 290 g/mol. The van der Waals surface area contributed by atoms with Gasteiger partial charge in [0.05, 0.1) is 5.69 Å². The van der Waals surface area contributed by atoms with Gasteiger partial charge in [-0.3, -0.25) is 4.72 Å². The fourth-order valence-corrected chi connectivity index (χ4v) is 3.11.